The highest BCUT2D eigenvalue weighted by Gasteiger charge is 2.32. The Morgan fingerprint density at radius 3 is 2.68 bits per heavy atom. The summed E-state index contributed by atoms with van der Waals surface area (Å²) >= 11 is 5.91. The number of carbonyl (C=O) groups excluding carboxylic acids is 1. The van der Waals surface area contributed by atoms with E-state index >= 15 is 0 Å². The topological polar surface area (TPSA) is 81.2 Å². The minimum atomic E-state index is -0.663. The standard InChI is InChI=1S/C18H23ClN4O2/c19-15-3-1-14(2-4-15)11-18(25)5-8-23(9-6-18)10-7-21-17(24)16-12-20-13-22-16/h1-4,12-13,25H,5-11H2,(H,20,22)(H,21,24). The SMILES string of the molecule is O=C(NCCN1CCC(O)(Cc2ccc(Cl)cc2)CC1)c1cnc[nH]1. The van der Waals surface area contributed by atoms with Crippen LogP contribution in [0.25, 0.3) is 0 Å². The number of imidazole rings is 1. The summed E-state index contributed by atoms with van der Waals surface area (Å²) in [5, 5.41) is 14.4. The molecule has 3 rings (SSSR count). The molecule has 0 spiro atoms. The van der Waals surface area contributed by atoms with Crippen molar-refractivity contribution in [3.05, 3.63) is 53.1 Å². The highest BCUT2D eigenvalue weighted by Crippen LogP contribution is 2.26. The molecule has 2 heterocycles. The lowest BCUT2D eigenvalue weighted by Gasteiger charge is -2.38. The number of aromatic amines is 1. The van der Waals surface area contributed by atoms with Crippen molar-refractivity contribution in [1.29, 1.82) is 0 Å². The maximum absolute atomic E-state index is 11.8. The third-order valence-corrected chi connectivity index (χ3v) is 4.94. The number of amides is 1. The molecule has 0 unspecified atom stereocenters. The van der Waals surface area contributed by atoms with Crippen LogP contribution in [-0.2, 0) is 6.42 Å². The van der Waals surface area contributed by atoms with Crippen molar-refractivity contribution in [2.75, 3.05) is 26.2 Å². The number of aromatic nitrogens is 2. The average Bonchev–Trinajstić information content (AvgIpc) is 3.13. The third kappa shape index (κ3) is 5.04. The molecule has 1 aliphatic heterocycles. The first-order chi connectivity index (χ1) is 12.0. The van der Waals surface area contributed by atoms with E-state index in [4.69, 9.17) is 11.6 Å². The van der Waals surface area contributed by atoms with Crippen molar-refractivity contribution < 1.29 is 9.90 Å². The quantitative estimate of drug-likeness (QED) is 0.732. The number of aliphatic hydroxyl groups is 1. The van der Waals surface area contributed by atoms with Crippen LogP contribution < -0.4 is 5.32 Å². The molecule has 1 fully saturated rings. The molecule has 1 aromatic carbocycles. The second kappa shape index (κ2) is 7.99. The molecule has 0 bridgehead atoms. The van der Waals surface area contributed by atoms with E-state index in [1.165, 1.54) is 12.5 Å². The summed E-state index contributed by atoms with van der Waals surface area (Å²) in [6.07, 6.45) is 5.09. The van der Waals surface area contributed by atoms with Crippen molar-refractivity contribution in [1.82, 2.24) is 20.2 Å². The van der Waals surface area contributed by atoms with Gasteiger partial charge in [0.1, 0.15) is 5.69 Å². The Hall–Kier alpha value is -1.89. The fourth-order valence-electron chi connectivity index (χ4n) is 3.15. The van der Waals surface area contributed by atoms with E-state index in [0.29, 0.717) is 23.7 Å². The molecule has 7 heteroatoms. The zero-order valence-corrected chi connectivity index (χ0v) is 14.8. The number of halogens is 1. The van der Waals surface area contributed by atoms with Crippen LogP contribution in [0.4, 0.5) is 0 Å². The minimum Gasteiger partial charge on any atom is -0.389 e. The molecule has 0 radical (unpaired) electrons. The predicted molar refractivity (Wildman–Crippen MR) is 96.7 cm³/mol. The number of benzene rings is 1. The molecular weight excluding hydrogens is 340 g/mol. The number of likely N-dealkylation sites (tertiary alicyclic amines) is 1. The normalized spacial score (nSPS) is 17.4. The molecule has 1 aliphatic rings. The van der Waals surface area contributed by atoms with E-state index in [1.807, 2.05) is 24.3 Å². The van der Waals surface area contributed by atoms with E-state index in [9.17, 15) is 9.90 Å². The van der Waals surface area contributed by atoms with Crippen molar-refractivity contribution in [3.63, 3.8) is 0 Å². The summed E-state index contributed by atoms with van der Waals surface area (Å²) in [4.78, 5) is 20.7. The van der Waals surface area contributed by atoms with Gasteiger partial charge in [0.15, 0.2) is 0 Å². The minimum absolute atomic E-state index is 0.145. The van der Waals surface area contributed by atoms with E-state index in [1.54, 1.807) is 0 Å². The number of piperidine rings is 1. The maximum atomic E-state index is 11.8. The Balaban J connectivity index is 1.40. The molecular formula is C18H23ClN4O2. The second-order valence-corrected chi connectivity index (χ2v) is 7.03. The number of nitrogens with zero attached hydrogens (tertiary/aromatic N) is 2. The number of nitrogens with one attached hydrogen (secondary N) is 2. The summed E-state index contributed by atoms with van der Waals surface area (Å²) in [5.74, 6) is -0.145. The van der Waals surface area contributed by atoms with Crippen LogP contribution in [0.1, 0.15) is 28.9 Å². The van der Waals surface area contributed by atoms with Crippen LogP contribution in [0.15, 0.2) is 36.8 Å². The van der Waals surface area contributed by atoms with Crippen molar-refractivity contribution in [2.45, 2.75) is 24.9 Å². The molecule has 25 heavy (non-hydrogen) atoms. The summed E-state index contributed by atoms with van der Waals surface area (Å²) in [7, 11) is 0. The number of rotatable bonds is 6. The molecule has 1 amide bonds. The summed E-state index contributed by atoms with van der Waals surface area (Å²) in [6.45, 7) is 3.00. The largest absolute Gasteiger partial charge is 0.389 e. The van der Waals surface area contributed by atoms with Gasteiger partial charge in [0.05, 0.1) is 18.1 Å². The molecule has 1 saturated heterocycles. The smallest absolute Gasteiger partial charge is 0.269 e. The zero-order chi connectivity index (χ0) is 17.7. The van der Waals surface area contributed by atoms with E-state index in [-0.39, 0.29) is 5.91 Å². The van der Waals surface area contributed by atoms with E-state index in [2.05, 4.69) is 20.2 Å². The van der Waals surface area contributed by atoms with Crippen LogP contribution in [0, 0.1) is 0 Å². The Morgan fingerprint density at radius 1 is 1.32 bits per heavy atom. The summed E-state index contributed by atoms with van der Waals surface area (Å²) < 4.78 is 0. The molecule has 134 valence electrons. The van der Waals surface area contributed by atoms with Gasteiger partial charge in [-0.25, -0.2) is 4.98 Å². The van der Waals surface area contributed by atoms with Gasteiger partial charge in [0.2, 0.25) is 0 Å². The molecule has 3 N–H and O–H groups in total. The fraction of sp³-hybridized carbons (Fsp3) is 0.444. The molecule has 6 nitrogen and oxygen atoms in total. The Morgan fingerprint density at radius 2 is 2.04 bits per heavy atom. The van der Waals surface area contributed by atoms with Crippen LogP contribution in [0.2, 0.25) is 5.02 Å². The number of hydrogen-bond donors (Lipinski definition) is 3. The lowest BCUT2D eigenvalue weighted by Crippen LogP contribution is -2.47. The highest BCUT2D eigenvalue weighted by atomic mass is 35.5. The van der Waals surface area contributed by atoms with Gasteiger partial charge >= 0.3 is 0 Å². The monoisotopic (exact) mass is 362 g/mol. The van der Waals surface area contributed by atoms with Crippen molar-refractivity contribution in [3.8, 4) is 0 Å². The molecule has 0 atom stereocenters. The van der Waals surface area contributed by atoms with Gasteiger partial charge in [-0.3, -0.25) is 4.79 Å². The van der Waals surface area contributed by atoms with Gasteiger partial charge < -0.3 is 20.3 Å². The summed E-state index contributed by atoms with van der Waals surface area (Å²) in [6, 6.07) is 7.66. The van der Waals surface area contributed by atoms with Crippen LogP contribution in [0.5, 0.6) is 0 Å². The maximum Gasteiger partial charge on any atom is 0.269 e. The van der Waals surface area contributed by atoms with E-state index < -0.39 is 5.60 Å². The molecule has 1 aromatic heterocycles. The van der Waals surface area contributed by atoms with Gasteiger partial charge in [-0.2, -0.15) is 0 Å². The van der Waals surface area contributed by atoms with Gasteiger partial charge in [-0.05, 0) is 30.5 Å². The lowest BCUT2D eigenvalue weighted by molar-refractivity contribution is -0.0202. The number of carbonyl (C=O) groups is 1. The Bertz CT molecular complexity index is 680. The van der Waals surface area contributed by atoms with Gasteiger partial charge in [0, 0.05) is 37.6 Å². The summed E-state index contributed by atoms with van der Waals surface area (Å²) in [5.41, 5.74) is 0.909. The van der Waals surface area contributed by atoms with Crippen LogP contribution >= 0.6 is 11.6 Å². The zero-order valence-electron chi connectivity index (χ0n) is 14.0. The molecule has 0 aliphatic carbocycles. The molecule has 2 aromatic rings. The van der Waals surface area contributed by atoms with Crippen molar-refractivity contribution >= 4 is 17.5 Å². The van der Waals surface area contributed by atoms with Gasteiger partial charge in [-0.15, -0.1) is 0 Å². The predicted octanol–water partition coefficient (Wildman–Crippen LogP) is 1.86. The van der Waals surface area contributed by atoms with Crippen LogP contribution in [-0.4, -0.2) is 57.7 Å². The first-order valence-electron chi connectivity index (χ1n) is 8.50. The van der Waals surface area contributed by atoms with Gasteiger partial charge in [0.25, 0.3) is 5.91 Å². The first kappa shape index (κ1) is 17.9. The number of hydrogen-bond acceptors (Lipinski definition) is 4. The highest BCUT2D eigenvalue weighted by molar-refractivity contribution is 6.30. The van der Waals surface area contributed by atoms with Crippen molar-refractivity contribution in [2.24, 2.45) is 0 Å². The first-order valence-corrected chi connectivity index (χ1v) is 8.88. The van der Waals surface area contributed by atoms with Crippen LogP contribution in [0.3, 0.4) is 0 Å². The Kier molecular flexibility index (Phi) is 5.73. The molecule has 0 saturated carbocycles. The number of H-pyrrole nitrogens is 1. The van der Waals surface area contributed by atoms with Gasteiger partial charge in [-0.1, -0.05) is 23.7 Å². The third-order valence-electron chi connectivity index (χ3n) is 4.69. The second-order valence-electron chi connectivity index (χ2n) is 6.59. The average molecular weight is 363 g/mol. The lowest BCUT2D eigenvalue weighted by atomic mass is 9.85. The van der Waals surface area contributed by atoms with E-state index in [0.717, 1.165) is 38.0 Å². The fourth-order valence-corrected chi connectivity index (χ4v) is 3.28. The Labute approximate surface area is 152 Å².